The van der Waals surface area contributed by atoms with E-state index in [0.717, 1.165) is 29.1 Å². The second kappa shape index (κ2) is 4.88. The Hall–Kier alpha value is -2.27. The lowest BCUT2D eigenvalue weighted by Crippen LogP contribution is -1.91. The van der Waals surface area contributed by atoms with Crippen molar-refractivity contribution in [2.45, 2.75) is 44.4 Å². The third-order valence-corrected chi connectivity index (χ3v) is 6.89. The molecular weight excluding hydrogens is 328 g/mol. The van der Waals surface area contributed by atoms with Crippen molar-refractivity contribution in [1.29, 1.82) is 0 Å². The van der Waals surface area contributed by atoms with Crippen molar-refractivity contribution < 1.29 is 0 Å². The molecule has 0 saturated heterocycles. The number of hydrogen-bond acceptors (Lipinski definition) is 4. The monoisotopic (exact) mass is 346 g/mol. The molecule has 2 aliphatic carbocycles. The molecule has 2 atom stereocenters. The molecule has 6 rings (SSSR count). The maximum atomic E-state index is 4.96. The summed E-state index contributed by atoms with van der Waals surface area (Å²) in [5, 5.41) is 6.03. The Morgan fingerprint density at radius 3 is 2.88 bits per heavy atom. The van der Waals surface area contributed by atoms with Gasteiger partial charge in [0.05, 0.1) is 5.39 Å². The standard InChI is InChI=1S/C20H18N4S/c1-11-5-7-12(8-6-11)14-9-15(14)18-22-19-17-13-3-2-4-16(13)25-20(17)21-10-24(19)23-18/h5-8,10,14-15H,2-4,9H2,1H3/t14-,15+/m0/s1. The van der Waals surface area contributed by atoms with Gasteiger partial charge in [-0.25, -0.2) is 14.5 Å². The van der Waals surface area contributed by atoms with Crippen molar-refractivity contribution in [3.63, 3.8) is 0 Å². The highest BCUT2D eigenvalue weighted by Crippen LogP contribution is 2.53. The first kappa shape index (κ1) is 14.0. The number of nitrogens with zero attached hydrogens (tertiary/aromatic N) is 4. The minimum atomic E-state index is 0.448. The topological polar surface area (TPSA) is 43.1 Å². The fourth-order valence-corrected chi connectivity index (χ4v) is 5.45. The van der Waals surface area contributed by atoms with E-state index in [1.54, 1.807) is 0 Å². The van der Waals surface area contributed by atoms with Crippen LogP contribution in [0.3, 0.4) is 0 Å². The van der Waals surface area contributed by atoms with Crippen LogP contribution in [0.1, 0.15) is 52.1 Å². The van der Waals surface area contributed by atoms with E-state index in [2.05, 4.69) is 36.2 Å². The molecule has 25 heavy (non-hydrogen) atoms. The maximum absolute atomic E-state index is 4.96. The van der Waals surface area contributed by atoms with Crippen LogP contribution < -0.4 is 0 Å². The summed E-state index contributed by atoms with van der Waals surface area (Å²) in [4.78, 5) is 12.2. The van der Waals surface area contributed by atoms with Gasteiger partial charge in [0.2, 0.25) is 0 Å². The molecule has 0 aliphatic heterocycles. The van der Waals surface area contributed by atoms with E-state index in [1.807, 2.05) is 22.2 Å². The predicted octanol–water partition coefficient (Wildman–Crippen LogP) is 4.41. The molecule has 5 heteroatoms. The zero-order valence-corrected chi connectivity index (χ0v) is 14.9. The van der Waals surface area contributed by atoms with Crippen LogP contribution in [-0.4, -0.2) is 19.6 Å². The van der Waals surface area contributed by atoms with Gasteiger partial charge in [0.15, 0.2) is 11.5 Å². The van der Waals surface area contributed by atoms with Crippen LogP contribution in [0.4, 0.5) is 0 Å². The lowest BCUT2D eigenvalue weighted by atomic mass is 10.1. The third kappa shape index (κ3) is 2.02. The third-order valence-electron chi connectivity index (χ3n) is 5.69. The molecule has 1 aromatic carbocycles. The molecule has 0 spiro atoms. The Morgan fingerprint density at radius 2 is 2.00 bits per heavy atom. The van der Waals surface area contributed by atoms with E-state index in [1.165, 1.54) is 39.8 Å². The van der Waals surface area contributed by atoms with Crippen molar-refractivity contribution in [3.8, 4) is 0 Å². The molecule has 0 radical (unpaired) electrons. The Kier molecular flexibility index (Phi) is 2.73. The molecule has 3 heterocycles. The van der Waals surface area contributed by atoms with Gasteiger partial charge in [-0.15, -0.1) is 16.4 Å². The average molecular weight is 346 g/mol. The summed E-state index contributed by atoms with van der Waals surface area (Å²) >= 11 is 1.84. The molecule has 2 aliphatic rings. The first-order valence-corrected chi connectivity index (χ1v) is 9.81. The van der Waals surface area contributed by atoms with Gasteiger partial charge < -0.3 is 0 Å². The van der Waals surface area contributed by atoms with E-state index in [-0.39, 0.29) is 0 Å². The number of aromatic nitrogens is 4. The Balaban J connectivity index is 1.43. The molecule has 1 saturated carbocycles. The van der Waals surface area contributed by atoms with Crippen LogP contribution in [0.25, 0.3) is 15.9 Å². The van der Waals surface area contributed by atoms with Gasteiger partial charge in [0.1, 0.15) is 11.2 Å². The highest BCUT2D eigenvalue weighted by molar-refractivity contribution is 7.19. The second-order valence-electron chi connectivity index (χ2n) is 7.38. The molecule has 4 aromatic rings. The molecule has 3 aromatic heterocycles. The van der Waals surface area contributed by atoms with E-state index < -0.39 is 0 Å². The lowest BCUT2D eigenvalue weighted by molar-refractivity contribution is 0.850. The average Bonchev–Trinajstić information content (AvgIpc) is 2.94. The smallest absolute Gasteiger partial charge is 0.167 e. The summed E-state index contributed by atoms with van der Waals surface area (Å²) < 4.78 is 1.90. The lowest BCUT2D eigenvalue weighted by Gasteiger charge is -1.99. The Morgan fingerprint density at radius 1 is 1.12 bits per heavy atom. The zero-order chi connectivity index (χ0) is 16.5. The summed E-state index contributed by atoms with van der Waals surface area (Å²) in [5.41, 5.74) is 5.21. The molecule has 4 nitrogen and oxygen atoms in total. The maximum Gasteiger partial charge on any atom is 0.167 e. The summed E-state index contributed by atoms with van der Waals surface area (Å²) in [6, 6.07) is 8.90. The molecule has 124 valence electrons. The van der Waals surface area contributed by atoms with Crippen molar-refractivity contribution in [1.82, 2.24) is 19.6 Å². The summed E-state index contributed by atoms with van der Waals surface area (Å²) in [7, 11) is 0. The number of rotatable bonds is 2. The molecule has 0 N–H and O–H groups in total. The van der Waals surface area contributed by atoms with Crippen LogP contribution in [-0.2, 0) is 12.8 Å². The Bertz CT molecular complexity index is 1120. The number of thiophene rings is 1. The number of hydrogen-bond donors (Lipinski definition) is 0. The van der Waals surface area contributed by atoms with Crippen LogP contribution in [0.15, 0.2) is 30.6 Å². The van der Waals surface area contributed by atoms with Gasteiger partial charge in [0.25, 0.3) is 0 Å². The quantitative estimate of drug-likeness (QED) is 0.540. The van der Waals surface area contributed by atoms with Crippen molar-refractivity contribution in [2.24, 2.45) is 0 Å². The van der Waals surface area contributed by atoms with Gasteiger partial charge in [0, 0.05) is 10.8 Å². The van der Waals surface area contributed by atoms with Gasteiger partial charge >= 0.3 is 0 Å². The van der Waals surface area contributed by atoms with Crippen molar-refractivity contribution in [3.05, 3.63) is 58.0 Å². The largest absolute Gasteiger partial charge is 0.225 e. The first-order chi connectivity index (χ1) is 12.3. The molecule has 0 amide bonds. The zero-order valence-electron chi connectivity index (χ0n) is 14.1. The first-order valence-electron chi connectivity index (χ1n) is 9.00. The summed E-state index contributed by atoms with van der Waals surface area (Å²) in [6.45, 7) is 2.13. The predicted molar refractivity (Wildman–Crippen MR) is 99.5 cm³/mol. The van der Waals surface area contributed by atoms with E-state index >= 15 is 0 Å². The van der Waals surface area contributed by atoms with Crippen molar-refractivity contribution >= 4 is 27.2 Å². The van der Waals surface area contributed by atoms with E-state index in [0.29, 0.717) is 11.8 Å². The fraction of sp³-hybridized carbons (Fsp3) is 0.350. The van der Waals surface area contributed by atoms with E-state index in [4.69, 9.17) is 10.1 Å². The molecule has 1 fully saturated rings. The summed E-state index contributed by atoms with van der Waals surface area (Å²) in [5.74, 6) is 2.00. The number of benzene rings is 1. The highest BCUT2D eigenvalue weighted by atomic mass is 32.1. The molecule has 0 unspecified atom stereocenters. The van der Waals surface area contributed by atoms with Crippen LogP contribution >= 0.6 is 11.3 Å². The van der Waals surface area contributed by atoms with Gasteiger partial charge in [-0.2, -0.15) is 0 Å². The van der Waals surface area contributed by atoms with Gasteiger partial charge in [-0.1, -0.05) is 29.8 Å². The Labute approximate surface area is 149 Å². The number of fused-ring (bicyclic) bond motifs is 5. The normalized spacial score (nSPS) is 22.0. The highest BCUT2D eigenvalue weighted by Gasteiger charge is 2.42. The molecular formula is C20H18N4S. The summed E-state index contributed by atoms with van der Waals surface area (Å²) in [6.07, 6.45) is 6.61. The van der Waals surface area contributed by atoms with Gasteiger partial charge in [-0.05, 0) is 49.7 Å². The van der Waals surface area contributed by atoms with Crippen LogP contribution in [0.5, 0.6) is 0 Å². The fourth-order valence-electron chi connectivity index (χ4n) is 4.23. The molecule has 0 bridgehead atoms. The van der Waals surface area contributed by atoms with E-state index in [9.17, 15) is 0 Å². The van der Waals surface area contributed by atoms with Gasteiger partial charge in [-0.3, -0.25) is 0 Å². The minimum absolute atomic E-state index is 0.448. The SMILES string of the molecule is Cc1ccc([C@@H]2C[C@H]2c2nc3c4c5c(sc4ncn3n2)CCC5)cc1. The van der Waals surface area contributed by atoms with Crippen LogP contribution in [0.2, 0.25) is 0 Å². The van der Waals surface area contributed by atoms with Crippen LogP contribution in [0, 0.1) is 6.92 Å². The minimum Gasteiger partial charge on any atom is -0.225 e. The second-order valence-corrected chi connectivity index (χ2v) is 8.46. The van der Waals surface area contributed by atoms with Crippen molar-refractivity contribution in [2.75, 3.05) is 0 Å². The number of aryl methyl sites for hydroxylation is 3.